The van der Waals surface area contributed by atoms with E-state index < -0.39 is 15.8 Å². The predicted molar refractivity (Wildman–Crippen MR) is 84.8 cm³/mol. The van der Waals surface area contributed by atoms with Crippen molar-refractivity contribution in [3.63, 3.8) is 0 Å². The standard InChI is InChI=1S/C14H20BrFN2O2S/c1-14(2,3)9-4-5-18(8-9)21(19,20)13-7-12(17)11(16)6-10(13)15/h6-7,9H,4-5,8,17H2,1-3H3. The highest BCUT2D eigenvalue weighted by Crippen LogP contribution is 2.37. The van der Waals surface area contributed by atoms with Crippen LogP contribution in [0.5, 0.6) is 0 Å². The Morgan fingerprint density at radius 2 is 2.00 bits per heavy atom. The van der Waals surface area contributed by atoms with E-state index in [0.717, 1.165) is 12.5 Å². The van der Waals surface area contributed by atoms with Gasteiger partial charge in [-0.05, 0) is 45.8 Å². The monoisotopic (exact) mass is 378 g/mol. The predicted octanol–water partition coefficient (Wildman–Crippen LogP) is 3.23. The fraction of sp³-hybridized carbons (Fsp3) is 0.571. The highest BCUT2D eigenvalue weighted by Gasteiger charge is 2.38. The molecular formula is C14H20BrFN2O2S. The van der Waals surface area contributed by atoms with E-state index in [9.17, 15) is 12.8 Å². The van der Waals surface area contributed by atoms with Crippen LogP contribution >= 0.6 is 15.9 Å². The van der Waals surface area contributed by atoms with E-state index in [4.69, 9.17) is 5.73 Å². The number of halogens is 2. The second-order valence-corrected chi connectivity index (χ2v) is 9.28. The molecule has 1 aliphatic rings. The summed E-state index contributed by atoms with van der Waals surface area (Å²) in [7, 11) is -3.66. The van der Waals surface area contributed by atoms with Crippen LogP contribution in [0, 0.1) is 17.2 Å². The van der Waals surface area contributed by atoms with Gasteiger partial charge in [-0.1, -0.05) is 20.8 Å². The van der Waals surface area contributed by atoms with E-state index in [-0.39, 0.29) is 20.5 Å². The van der Waals surface area contributed by atoms with E-state index in [0.29, 0.717) is 19.0 Å². The quantitative estimate of drug-likeness (QED) is 0.803. The first-order valence-electron chi connectivity index (χ1n) is 6.78. The van der Waals surface area contributed by atoms with Crippen LogP contribution in [0.2, 0.25) is 0 Å². The molecule has 1 aromatic rings. The van der Waals surface area contributed by atoms with E-state index in [2.05, 4.69) is 36.7 Å². The van der Waals surface area contributed by atoms with Gasteiger partial charge in [0.25, 0.3) is 0 Å². The van der Waals surface area contributed by atoms with E-state index in [1.807, 2.05) is 0 Å². The molecule has 7 heteroatoms. The molecule has 21 heavy (non-hydrogen) atoms. The maximum absolute atomic E-state index is 13.4. The average Bonchev–Trinajstić information content (AvgIpc) is 2.83. The molecule has 118 valence electrons. The zero-order valence-corrected chi connectivity index (χ0v) is 14.8. The number of anilines is 1. The molecule has 1 fully saturated rings. The molecule has 0 spiro atoms. The molecular weight excluding hydrogens is 359 g/mol. The smallest absolute Gasteiger partial charge is 0.244 e. The lowest BCUT2D eigenvalue weighted by Crippen LogP contribution is -2.31. The summed E-state index contributed by atoms with van der Waals surface area (Å²) in [5, 5.41) is 0. The van der Waals surface area contributed by atoms with Crippen LogP contribution in [-0.2, 0) is 10.0 Å². The Balaban J connectivity index is 2.34. The van der Waals surface area contributed by atoms with Crippen LogP contribution in [0.3, 0.4) is 0 Å². The summed E-state index contributed by atoms with van der Waals surface area (Å²) in [5.41, 5.74) is 5.40. The molecule has 1 aromatic carbocycles. The highest BCUT2D eigenvalue weighted by molar-refractivity contribution is 9.10. The van der Waals surface area contributed by atoms with Crippen LogP contribution in [0.4, 0.5) is 10.1 Å². The zero-order chi connectivity index (χ0) is 16.0. The zero-order valence-electron chi connectivity index (χ0n) is 12.4. The topological polar surface area (TPSA) is 63.4 Å². The van der Waals surface area contributed by atoms with Crippen LogP contribution < -0.4 is 5.73 Å². The van der Waals surface area contributed by atoms with E-state index in [1.54, 1.807) is 0 Å². The van der Waals surface area contributed by atoms with Crippen LogP contribution in [0.25, 0.3) is 0 Å². The van der Waals surface area contributed by atoms with Gasteiger partial charge in [0, 0.05) is 17.6 Å². The molecule has 0 aliphatic carbocycles. The molecule has 1 unspecified atom stereocenters. The Morgan fingerprint density at radius 3 is 2.52 bits per heavy atom. The van der Waals surface area contributed by atoms with Gasteiger partial charge in [-0.25, -0.2) is 12.8 Å². The molecule has 0 radical (unpaired) electrons. The maximum Gasteiger partial charge on any atom is 0.244 e. The van der Waals surface area contributed by atoms with Crippen molar-refractivity contribution < 1.29 is 12.8 Å². The Labute approximate surface area is 133 Å². The molecule has 1 atom stereocenters. The van der Waals surface area contributed by atoms with Gasteiger partial charge in [0.1, 0.15) is 5.82 Å². The Kier molecular flexibility index (Phi) is 4.39. The van der Waals surface area contributed by atoms with Crippen molar-refractivity contribution in [1.82, 2.24) is 4.31 Å². The number of sulfonamides is 1. The maximum atomic E-state index is 13.4. The summed E-state index contributed by atoms with van der Waals surface area (Å²) in [5.74, 6) is -0.321. The molecule has 0 aromatic heterocycles. The van der Waals surface area contributed by atoms with Gasteiger partial charge in [-0.2, -0.15) is 4.31 Å². The van der Waals surface area contributed by atoms with Crippen molar-refractivity contribution in [1.29, 1.82) is 0 Å². The second-order valence-electron chi connectivity index (χ2n) is 6.52. The molecule has 4 nitrogen and oxygen atoms in total. The third kappa shape index (κ3) is 3.24. The van der Waals surface area contributed by atoms with Crippen molar-refractivity contribution in [2.24, 2.45) is 11.3 Å². The van der Waals surface area contributed by atoms with Crippen LogP contribution in [0.1, 0.15) is 27.2 Å². The minimum Gasteiger partial charge on any atom is -0.396 e. The number of hydrogen-bond acceptors (Lipinski definition) is 3. The summed E-state index contributed by atoms with van der Waals surface area (Å²) in [6.45, 7) is 7.29. The van der Waals surface area contributed by atoms with Crippen molar-refractivity contribution in [2.45, 2.75) is 32.1 Å². The molecule has 1 saturated heterocycles. The first kappa shape index (κ1) is 16.7. The summed E-state index contributed by atoms with van der Waals surface area (Å²) < 4.78 is 40.5. The van der Waals surface area contributed by atoms with Crippen LogP contribution in [0.15, 0.2) is 21.5 Å². The lowest BCUT2D eigenvalue weighted by molar-refractivity contribution is 0.252. The third-order valence-electron chi connectivity index (χ3n) is 4.04. The lowest BCUT2D eigenvalue weighted by Gasteiger charge is -2.27. The Bertz CT molecular complexity index is 656. The third-order valence-corrected chi connectivity index (χ3v) is 6.87. The minimum absolute atomic E-state index is 0.0240. The number of nitrogens with zero attached hydrogens (tertiary/aromatic N) is 1. The number of rotatable bonds is 2. The molecule has 2 rings (SSSR count). The second kappa shape index (κ2) is 5.52. The van der Waals surface area contributed by atoms with Gasteiger partial charge in [0.2, 0.25) is 10.0 Å². The summed E-state index contributed by atoms with van der Waals surface area (Å²) in [6, 6.07) is 2.28. The molecule has 0 amide bonds. The summed E-state index contributed by atoms with van der Waals surface area (Å²) in [6.07, 6.45) is 0.830. The SMILES string of the molecule is CC(C)(C)C1CCN(S(=O)(=O)c2cc(N)c(F)cc2Br)C1. The minimum atomic E-state index is -3.66. The first-order valence-corrected chi connectivity index (χ1v) is 9.01. The summed E-state index contributed by atoms with van der Waals surface area (Å²) in [4.78, 5) is 0.0240. The number of hydrogen-bond donors (Lipinski definition) is 1. The van der Waals surface area contributed by atoms with Gasteiger partial charge in [-0.3, -0.25) is 0 Å². The first-order chi connectivity index (χ1) is 9.53. The fourth-order valence-corrected chi connectivity index (χ4v) is 5.05. The lowest BCUT2D eigenvalue weighted by atomic mass is 9.80. The van der Waals surface area contributed by atoms with Gasteiger partial charge in [0.15, 0.2) is 0 Å². The molecule has 0 saturated carbocycles. The summed E-state index contributed by atoms with van der Waals surface area (Å²) >= 11 is 3.12. The van der Waals surface area contributed by atoms with Gasteiger partial charge in [-0.15, -0.1) is 0 Å². The van der Waals surface area contributed by atoms with E-state index in [1.165, 1.54) is 10.4 Å². The van der Waals surface area contributed by atoms with Crippen molar-refractivity contribution >= 4 is 31.6 Å². The number of nitrogens with two attached hydrogens (primary N) is 1. The normalized spacial score (nSPS) is 20.9. The van der Waals surface area contributed by atoms with E-state index >= 15 is 0 Å². The van der Waals surface area contributed by atoms with Gasteiger partial charge < -0.3 is 5.73 Å². The van der Waals surface area contributed by atoms with Gasteiger partial charge in [0.05, 0.1) is 10.6 Å². The molecule has 0 bridgehead atoms. The van der Waals surface area contributed by atoms with Crippen LogP contribution in [-0.4, -0.2) is 25.8 Å². The molecule has 2 N–H and O–H groups in total. The van der Waals surface area contributed by atoms with Gasteiger partial charge >= 0.3 is 0 Å². The number of benzene rings is 1. The van der Waals surface area contributed by atoms with Crippen molar-refractivity contribution in [2.75, 3.05) is 18.8 Å². The Hall–Kier alpha value is -0.660. The molecule has 1 aliphatic heterocycles. The average molecular weight is 379 g/mol. The van der Waals surface area contributed by atoms with Crippen molar-refractivity contribution in [3.8, 4) is 0 Å². The number of nitrogen functional groups attached to an aromatic ring is 1. The fourth-order valence-electron chi connectivity index (χ4n) is 2.53. The van der Waals surface area contributed by atoms with Crippen molar-refractivity contribution in [3.05, 3.63) is 22.4 Å². The largest absolute Gasteiger partial charge is 0.396 e. The Morgan fingerprint density at radius 1 is 1.38 bits per heavy atom. The highest BCUT2D eigenvalue weighted by atomic mass is 79.9. The molecule has 1 heterocycles.